The SMILES string of the molecule is Fc1cc(Br)cc(C#CCCl)c1. The zero-order valence-corrected chi connectivity index (χ0v) is 8.41. The lowest BCUT2D eigenvalue weighted by molar-refractivity contribution is 0.626. The van der Waals surface area contributed by atoms with Crippen molar-refractivity contribution in [2.75, 3.05) is 5.88 Å². The van der Waals surface area contributed by atoms with Crippen molar-refractivity contribution in [3.8, 4) is 11.8 Å². The molecule has 3 heteroatoms. The summed E-state index contributed by atoms with van der Waals surface area (Å²) in [4.78, 5) is 0. The zero-order valence-electron chi connectivity index (χ0n) is 6.07. The summed E-state index contributed by atoms with van der Waals surface area (Å²) < 4.78 is 13.4. The van der Waals surface area contributed by atoms with E-state index in [1.54, 1.807) is 6.07 Å². The average Bonchev–Trinajstić information content (AvgIpc) is 1.99. The van der Waals surface area contributed by atoms with Crippen LogP contribution in [0.1, 0.15) is 5.56 Å². The van der Waals surface area contributed by atoms with Crippen LogP contribution < -0.4 is 0 Å². The molecule has 0 aliphatic carbocycles. The summed E-state index contributed by atoms with van der Waals surface area (Å²) >= 11 is 8.52. The van der Waals surface area contributed by atoms with Gasteiger partial charge in [-0.15, -0.1) is 11.6 Å². The molecule has 0 nitrogen and oxygen atoms in total. The van der Waals surface area contributed by atoms with E-state index in [2.05, 4.69) is 27.8 Å². The van der Waals surface area contributed by atoms with Gasteiger partial charge in [0.05, 0.1) is 5.88 Å². The monoisotopic (exact) mass is 246 g/mol. The fourth-order valence-electron chi connectivity index (χ4n) is 0.761. The molecule has 12 heavy (non-hydrogen) atoms. The van der Waals surface area contributed by atoms with E-state index >= 15 is 0 Å². The number of alkyl halides is 1. The molecule has 0 bridgehead atoms. The first kappa shape index (κ1) is 9.57. The Morgan fingerprint density at radius 2 is 2.17 bits per heavy atom. The van der Waals surface area contributed by atoms with Crippen LogP contribution in [-0.4, -0.2) is 5.88 Å². The Bertz CT molecular complexity index is 318. The summed E-state index contributed by atoms with van der Waals surface area (Å²) in [5.41, 5.74) is 0.627. The molecule has 0 saturated carbocycles. The normalized spacial score (nSPS) is 8.92. The molecule has 0 radical (unpaired) electrons. The molecule has 0 atom stereocenters. The van der Waals surface area contributed by atoms with E-state index in [4.69, 9.17) is 11.6 Å². The summed E-state index contributed by atoms with van der Waals surface area (Å²) in [5, 5.41) is 0. The molecule has 1 aromatic carbocycles. The molecule has 0 spiro atoms. The predicted octanol–water partition coefficient (Wildman–Crippen LogP) is 3.18. The molecule has 0 saturated heterocycles. The van der Waals surface area contributed by atoms with Crippen molar-refractivity contribution in [2.45, 2.75) is 0 Å². The van der Waals surface area contributed by atoms with Crippen molar-refractivity contribution in [2.24, 2.45) is 0 Å². The fourth-order valence-corrected chi connectivity index (χ4v) is 1.29. The van der Waals surface area contributed by atoms with Crippen LogP contribution in [-0.2, 0) is 0 Å². The Balaban J connectivity index is 3.01. The van der Waals surface area contributed by atoms with Gasteiger partial charge in [-0.05, 0) is 18.2 Å². The maximum atomic E-state index is 12.7. The number of rotatable bonds is 0. The van der Waals surface area contributed by atoms with Crippen LogP contribution in [0.5, 0.6) is 0 Å². The van der Waals surface area contributed by atoms with E-state index in [0.717, 1.165) is 0 Å². The molecule has 1 aromatic rings. The molecular weight excluding hydrogens is 242 g/mol. The maximum Gasteiger partial charge on any atom is 0.125 e. The summed E-state index contributed by atoms with van der Waals surface area (Å²) in [7, 11) is 0. The van der Waals surface area contributed by atoms with Crippen LogP contribution in [0.4, 0.5) is 4.39 Å². The van der Waals surface area contributed by atoms with E-state index in [1.807, 2.05) is 0 Å². The quantitative estimate of drug-likeness (QED) is 0.488. The van der Waals surface area contributed by atoms with E-state index in [-0.39, 0.29) is 11.7 Å². The molecule has 62 valence electrons. The number of halogens is 3. The van der Waals surface area contributed by atoms with Gasteiger partial charge in [0.15, 0.2) is 0 Å². The van der Waals surface area contributed by atoms with Gasteiger partial charge in [0, 0.05) is 10.0 Å². The van der Waals surface area contributed by atoms with Crippen LogP contribution in [0.2, 0.25) is 0 Å². The average molecular weight is 247 g/mol. The molecule has 0 unspecified atom stereocenters. The highest BCUT2D eigenvalue weighted by Gasteiger charge is 1.94. The Hall–Kier alpha value is -0.520. The van der Waals surface area contributed by atoms with Gasteiger partial charge in [0.25, 0.3) is 0 Å². The Morgan fingerprint density at radius 1 is 1.42 bits per heavy atom. The van der Waals surface area contributed by atoms with Crippen molar-refractivity contribution in [3.05, 3.63) is 34.1 Å². The second kappa shape index (κ2) is 4.49. The van der Waals surface area contributed by atoms with E-state index in [9.17, 15) is 4.39 Å². The highest BCUT2D eigenvalue weighted by molar-refractivity contribution is 9.10. The van der Waals surface area contributed by atoms with E-state index in [0.29, 0.717) is 10.0 Å². The molecule has 0 aliphatic rings. The first-order valence-corrected chi connectivity index (χ1v) is 4.56. The second-order valence-electron chi connectivity index (χ2n) is 2.09. The molecule has 0 aliphatic heterocycles. The van der Waals surface area contributed by atoms with Gasteiger partial charge in [-0.2, -0.15) is 0 Å². The van der Waals surface area contributed by atoms with Crippen molar-refractivity contribution in [1.29, 1.82) is 0 Å². The van der Waals surface area contributed by atoms with Gasteiger partial charge in [0.2, 0.25) is 0 Å². The van der Waals surface area contributed by atoms with Gasteiger partial charge < -0.3 is 0 Å². The largest absolute Gasteiger partial charge is 0.207 e. The molecule has 0 fully saturated rings. The topological polar surface area (TPSA) is 0 Å². The lowest BCUT2D eigenvalue weighted by Gasteiger charge is -1.93. The molecule has 0 aromatic heterocycles. The second-order valence-corrected chi connectivity index (χ2v) is 3.28. The van der Waals surface area contributed by atoms with Crippen molar-refractivity contribution in [1.82, 2.24) is 0 Å². The first-order chi connectivity index (χ1) is 5.72. The van der Waals surface area contributed by atoms with Gasteiger partial charge in [0.1, 0.15) is 5.82 Å². The van der Waals surface area contributed by atoms with Gasteiger partial charge in [-0.1, -0.05) is 27.8 Å². The van der Waals surface area contributed by atoms with E-state index in [1.165, 1.54) is 12.1 Å². The predicted molar refractivity (Wildman–Crippen MR) is 51.7 cm³/mol. The van der Waals surface area contributed by atoms with Crippen LogP contribution in [0, 0.1) is 17.7 Å². The summed E-state index contributed by atoms with van der Waals surface area (Å²) in [5.74, 6) is 5.33. The van der Waals surface area contributed by atoms with Gasteiger partial charge in [-0.3, -0.25) is 0 Å². The lowest BCUT2D eigenvalue weighted by atomic mass is 10.2. The molecule has 1 rings (SSSR count). The number of hydrogen-bond donors (Lipinski definition) is 0. The first-order valence-electron chi connectivity index (χ1n) is 3.23. The zero-order chi connectivity index (χ0) is 8.97. The molecule has 0 amide bonds. The van der Waals surface area contributed by atoms with Crippen LogP contribution in [0.15, 0.2) is 22.7 Å². The Morgan fingerprint density at radius 3 is 2.75 bits per heavy atom. The molecular formula is C9H5BrClF. The minimum absolute atomic E-state index is 0.258. The molecule has 0 N–H and O–H groups in total. The third kappa shape index (κ3) is 2.84. The van der Waals surface area contributed by atoms with Crippen molar-refractivity contribution in [3.63, 3.8) is 0 Å². The fraction of sp³-hybridized carbons (Fsp3) is 0.111. The summed E-state index contributed by atoms with van der Waals surface area (Å²) in [6.07, 6.45) is 0. The highest BCUT2D eigenvalue weighted by Crippen LogP contribution is 2.13. The maximum absolute atomic E-state index is 12.7. The third-order valence-corrected chi connectivity index (χ3v) is 1.75. The van der Waals surface area contributed by atoms with Crippen LogP contribution in [0.3, 0.4) is 0 Å². The van der Waals surface area contributed by atoms with Crippen LogP contribution in [0.25, 0.3) is 0 Å². The number of hydrogen-bond acceptors (Lipinski definition) is 0. The minimum Gasteiger partial charge on any atom is -0.207 e. The number of benzene rings is 1. The lowest BCUT2D eigenvalue weighted by Crippen LogP contribution is -1.79. The highest BCUT2D eigenvalue weighted by atomic mass is 79.9. The standard InChI is InChI=1S/C9H5BrClF/c10-8-4-7(2-1-3-11)5-9(12)6-8/h4-6H,3H2. The summed E-state index contributed by atoms with van der Waals surface area (Å²) in [6, 6.07) is 4.48. The Labute approximate surface area is 83.9 Å². The molecule has 0 heterocycles. The van der Waals surface area contributed by atoms with Gasteiger partial charge in [-0.25, -0.2) is 4.39 Å². The van der Waals surface area contributed by atoms with Crippen molar-refractivity contribution >= 4 is 27.5 Å². The third-order valence-electron chi connectivity index (χ3n) is 1.16. The van der Waals surface area contributed by atoms with Crippen LogP contribution >= 0.6 is 27.5 Å². The van der Waals surface area contributed by atoms with Crippen molar-refractivity contribution < 1.29 is 4.39 Å². The smallest absolute Gasteiger partial charge is 0.125 e. The summed E-state index contributed by atoms with van der Waals surface area (Å²) in [6.45, 7) is 0. The minimum atomic E-state index is -0.303. The Kier molecular flexibility index (Phi) is 3.58. The van der Waals surface area contributed by atoms with E-state index < -0.39 is 0 Å². The van der Waals surface area contributed by atoms with Gasteiger partial charge >= 0.3 is 0 Å².